The summed E-state index contributed by atoms with van der Waals surface area (Å²) >= 11 is 0. The lowest BCUT2D eigenvalue weighted by molar-refractivity contribution is -0.0866. The summed E-state index contributed by atoms with van der Waals surface area (Å²) in [4.78, 5) is 2.36. The summed E-state index contributed by atoms with van der Waals surface area (Å²) in [6.45, 7) is 9.68. The SMILES string of the molecule is C=C1CO[C@H](C(C)(C)O)CN(C2C=CC(c3ccc4c(c3OC)C=CCC4c3ccc(C#N)cc3)=CC2)C1. The maximum atomic E-state index is 10.6. The van der Waals surface area contributed by atoms with Gasteiger partial charge in [-0.1, -0.05) is 61.2 Å². The molecule has 2 unspecified atom stereocenters. The van der Waals surface area contributed by atoms with Crippen molar-refractivity contribution < 1.29 is 14.6 Å². The first-order valence-electron chi connectivity index (χ1n) is 13.3. The Hall–Kier alpha value is -3.43. The predicted octanol–water partition coefficient (Wildman–Crippen LogP) is 5.86. The molecule has 1 N–H and O–H groups in total. The highest BCUT2D eigenvalue weighted by atomic mass is 16.5. The van der Waals surface area contributed by atoms with Gasteiger partial charge >= 0.3 is 0 Å². The van der Waals surface area contributed by atoms with E-state index in [4.69, 9.17) is 14.7 Å². The number of hydrogen-bond donors (Lipinski definition) is 1. The maximum absolute atomic E-state index is 10.6. The third-order valence-corrected chi connectivity index (χ3v) is 7.87. The highest BCUT2D eigenvalue weighted by Crippen LogP contribution is 2.43. The molecule has 38 heavy (non-hydrogen) atoms. The monoisotopic (exact) mass is 508 g/mol. The van der Waals surface area contributed by atoms with Crippen molar-refractivity contribution in [2.75, 3.05) is 26.8 Å². The van der Waals surface area contributed by atoms with Gasteiger partial charge in [0.05, 0.1) is 37.1 Å². The molecule has 2 aromatic rings. The molecule has 196 valence electrons. The lowest BCUT2D eigenvalue weighted by atomic mass is 9.80. The fourth-order valence-electron chi connectivity index (χ4n) is 5.73. The molecule has 1 fully saturated rings. The van der Waals surface area contributed by atoms with Gasteiger partial charge in [-0.2, -0.15) is 5.26 Å². The number of rotatable bonds is 5. The number of methoxy groups -OCH3 is 1. The van der Waals surface area contributed by atoms with Crippen molar-refractivity contribution >= 4 is 11.6 Å². The molecular weight excluding hydrogens is 472 g/mol. The lowest BCUT2D eigenvalue weighted by Gasteiger charge is -2.35. The summed E-state index contributed by atoms with van der Waals surface area (Å²) in [6, 6.07) is 14.7. The van der Waals surface area contributed by atoms with Gasteiger partial charge in [-0.05, 0) is 61.1 Å². The van der Waals surface area contributed by atoms with Crippen molar-refractivity contribution in [1.82, 2.24) is 4.90 Å². The van der Waals surface area contributed by atoms with Crippen LogP contribution in [0.5, 0.6) is 5.75 Å². The number of nitriles is 1. The maximum Gasteiger partial charge on any atom is 0.134 e. The number of benzene rings is 2. The van der Waals surface area contributed by atoms with Gasteiger partial charge < -0.3 is 14.6 Å². The Kier molecular flexibility index (Phi) is 7.40. The topological polar surface area (TPSA) is 65.7 Å². The Morgan fingerprint density at radius 1 is 1.13 bits per heavy atom. The van der Waals surface area contributed by atoms with Crippen LogP contribution in [0.1, 0.15) is 60.4 Å². The van der Waals surface area contributed by atoms with Crippen LogP contribution in [0.25, 0.3) is 11.6 Å². The minimum atomic E-state index is -0.915. The van der Waals surface area contributed by atoms with Gasteiger partial charge in [0.15, 0.2) is 0 Å². The highest BCUT2D eigenvalue weighted by Gasteiger charge is 2.34. The fourth-order valence-corrected chi connectivity index (χ4v) is 5.73. The zero-order chi connectivity index (χ0) is 26.9. The smallest absolute Gasteiger partial charge is 0.134 e. The quantitative estimate of drug-likeness (QED) is 0.513. The van der Waals surface area contributed by atoms with E-state index in [1.54, 1.807) is 21.0 Å². The van der Waals surface area contributed by atoms with E-state index in [1.165, 1.54) is 11.1 Å². The van der Waals surface area contributed by atoms with Gasteiger partial charge in [-0.25, -0.2) is 0 Å². The molecule has 5 nitrogen and oxygen atoms in total. The van der Waals surface area contributed by atoms with Crippen LogP contribution in [-0.2, 0) is 4.74 Å². The molecule has 1 saturated heterocycles. The molecule has 1 aliphatic heterocycles. The van der Waals surface area contributed by atoms with E-state index in [-0.39, 0.29) is 18.1 Å². The average Bonchev–Trinajstić information content (AvgIpc) is 3.14. The molecule has 1 heterocycles. The molecule has 0 bridgehead atoms. The molecule has 2 aliphatic carbocycles. The van der Waals surface area contributed by atoms with Gasteiger partial charge in [0.1, 0.15) is 5.75 Å². The number of allylic oxidation sites excluding steroid dienone is 3. The molecule has 5 heteroatoms. The van der Waals surface area contributed by atoms with Crippen molar-refractivity contribution in [3.05, 3.63) is 101 Å². The number of ether oxygens (including phenoxy) is 2. The van der Waals surface area contributed by atoms with E-state index < -0.39 is 5.60 Å². The average molecular weight is 509 g/mol. The van der Waals surface area contributed by atoms with E-state index >= 15 is 0 Å². The van der Waals surface area contributed by atoms with Crippen LogP contribution in [0.15, 0.2) is 72.9 Å². The van der Waals surface area contributed by atoms with E-state index in [2.05, 4.69) is 72.2 Å². The van der Waals surface area contributed by atoms with E-state index in [1.807, 2.05) is 12.1 Å². The summed E-state index contributed by atoms with van der Waals surface area (Å²) in [5, 5.41) is 19.8. The Morgan fingerprint density at radius 3 is 2.58 bits per heavy atom. The third-order valence-electron chi connectivity index (χ3n) is 7.87. The van der Waals surface area contributed by atoms with Crippen LogP contribution in [0.4, 0.5) is 0 Å². The summed E-state index contributed by atoms with van der Waals surface area (Å²) in [6.07, 6.45) is 12.6. The zero-order valence-electron chi connectivity index (χ0n) is 22.5. The van der Waals surface area contributed by atoms with Gasteiger partial charge in [0.25, 0.3) is 0 Å². The largest absolute Gasteiger partial charge is 0.495 e. The summed E-state index contributed by atoms with van der Waals surface area (Å²) in [5.41, 5.74) is 6.60. The first-order valence-corrected chi connectivity index (χ1v) is 13.3. The highest BCUT2D eigenvalue weighted by molar-refractivity contribution is 5.83. The molecule has 0 saturated carbocycles. The first-order chi connectivity index (χ1) is 18.3. The third kappa shape index (κ3) is 5.26. The molecule has 0 amide bonds. The number of aliphatic hydroxyl groups is 1. The van der Waals surface area contributed by atoms with E-state index in [9.17, 15) is 5.11 Å². The lowest BCUT2D eigenvalue weighted by Crippen LogP contribution is -2.47. The minimum Gasteiger partial charge on any atom is -0.495 e. The van der Waals surface area contributed by atoms with E-state index in [0.717, 1.165) is 47.4 Å². The van der Waals surface area contributed by atoms with E-state index in [0.29, 0.717) is 18.7 Å². The van der Waals surface area contributed by atoms with Crippen molar-refractivity contribution in [2.24, 2.45) is 0 Å². The number of fused-ring (bicyclic) bond motifs is 1. The molecule has 2 aromatic carbocycles. The second-order valence-electron chi connectivity index (χ2n) is 11.0. The van der Waals surface area contributed by atoms with Crippen LogP contribution in [0.3, 0.4) is 0 Å². The molecule has 3 atom stereocenters. The summed E-state index contributed by atoms with van der Waals surface area (Å²) < 4.78 is 12.0. The molecule has 3 aliphatic rings. The van der Waals surface area contributed by atoms with Crippen molar-refractivity contribution in [3.8, 4) is 11.8 Å². The van der Waals surface area contributed by atoms with Gasteiger partial charge in [-0.15, -0.1) is 0 Å². The summed E-state index contributed by atoms with van der Waals surface area (Å²) in [5.74, 6) is 1.12. The number of nitrogens with zero attached hydrogens (tertiary/aromatic N) is 2. The Morgan fingerprint density at radius 2 is 1.92 bits per heavy atom. The Labute approximate surface area is 226 Å². The van der Waals surface area contributed by atoms with Crippen LogP contribution >= 0.6 is 0 Å². The van der Waals surface area contributed by atoms with Gasteiger partial charge in [0.2, 0.25) is 0 Å². The summed E-state index contributed by atoms with van der Waals surface area (Å²) in [7, 11) is 1.74. The van der Waals surface area contributed by atoms with Crippen LogP contribution in [0, 0.1) is 11.3 Å². The Balaban J connectivity index is 1.39. The first kappa shape index (κ1) is 26.2. The van der Waals surface area contributed by atoms with Crippen LogP contribution < -0.4 is 4.74 Å². The molecular formula is C33H36N2O3. The normalized spacial score (nSPS) is 23.8. The molecule has 0 radical (unpaired) electrons. The van der Waals surface area contributed by atoms with Crippen LogP contribution in [-0.4, -0.2) is 54.6 Å². The second-order valence-corrected chi connectivity index (χ2v) is 11.0. The van der Waals surface area contributed by atoms with Gasteiger partial charge in [0, 0.05) is 36.2 Å². The molecule has 0 aromatic heterocycles. The molecule has 0 spiro atoms. The zero-order valence-corrected chi connectivity index (χ0v) is 22.5. The predicted molar refractivity (Wildman–Crippen MR) is 152 cm³/mol. The van der Waals surface area contributed by atoms with Crippen molar-refractivity contribution in [1.29, 1.82) is 5.26 Å². The number of hydrogen-bond acceptors (Lipinski definition) is 5. The van der Waals surface area contributed by atoms with Crippen LogP contribution in [0.2, 0.25) is 0 Å². The van der Waals surface area contributed by atoms with Crippen molar-refractivity contribution in [2.45, 2.75) is 50.4 Å². The fraction of sp³-hybridized carbons (Fsp3) is 0.364. The Bertz CT molecular complexity index is 1340. The second kappa shape index (κ2) is 10.7. The van der Waals surface area contributed by atoms with Gasteiger partial charge in [-0.3, -0.25) is 4.90 Å². The minimum absolute atomic E-state index is 0.214. The molecule has 5 rings (SSSR count). The van der Waals surface area contributed by atoms with Crippen molar-refractivity contribution in [3.63, 3.8) is 0 Å². The standard InChI is InChI=1S/C33H36N2O3/c1-22-19-35(20-31(38-21-22)33(2,3)36)26-14-12-25(13-15-26)28-16-17-29-27(6-5-7-30(29)32(28)37-4)24-10-8-23(18-34)9-11-24/h5,7-14,16-17,26-27,31,36H,1,6,15,19-21H2,2-4H3/t26?,27?,31-/m0/s1.